The van der Waals surface area contributed by atoms with Crippen LogP contribution in [0.15, 0.2) is 30.3 Å². The molecule has 7 nitrogen and oxygen atoms in total. The van der Waals surface area contributed by atoms with Crippen LogP contribution in [0.2, 0.25) is 0 Å². The maximum Gasteiger partial charge on any atom is 0.407 e. The zero-order valence-corrected chi connectivity index (χ0v) is 12.4. The minimum absolute atomic E-state index is 0.0991. The van der Waals surface area contributed by atoms with E-state index in [0.717, 1.165) is 5.56 Å². The first-order valence-corrected chi connectivity index (χ1v) is 6.99. The second-order valence-electron chi connectivity index (χ2n) is 4.66. The van der Waals surface area contributed by atoms with E-state index in [9.17, 15) is 14.4 Å². The largest absolute Gasteiger partial charge is 0.480 e. The molecule has 0 radical (unpaired) electrons. The molecule has 0 bridgehead atoms. The number of carboxylic acid groups (broad SMARTS) is 1. The highest BCUT2D eigenvalue weighted by Crippen LogP contribution is 2.00. The van der Waals surface area contributed by atoms with Crippen LogP contribution in [0.3, 0.4) is 0 Å². The van der Waals surface area contributed by atoms with Gasteiger partial charge in [0.05, 0.1) is 0 Å². The number of amides is 2. The Labute approximate surface area is 128 Å². The Hall–Kier alpha value is -2.57. The first kappa shape index (κ1) is 17.5. The normalized spacial score (nSPS) is 11.3. The van der Waals surface area contributed by atoms with Crippen molar-refractivity contribution in [3.05, 3.63) is 35.9 Å². The van der Waals surface area contributed by atoms with Crippen molar-refractivity contribution in [2.24, 2.45) is 0 Å². The molecule has 22 heavy (non-hydrogen) atoms. The van der Waals surface area contributed by atoms with Gasteiger partial charge in [-0.25, -0.2) is 9.59 Å². The van der Waals surface area contributed by atoms with Gasteiger partial charge in [-0.3, -0.25) is 4.79 Å². The molecule has 1 aromatic carbocycles. The molecular formula is C15H20N2O5. The minimum Gasteiger partial charge on any atom is -0.480 e. The number of nitrogens with one attached hydrogen (secondary N) is 2. The van der Waals surface area contributed by atoms with Gasteiger partial charge in [0, 0.05) is 0 Å². The molecule has 1 rings (SSSR count). The third kappa shape index (κ3) is 6.74. The van der Waals surface area contributed by atoms with E-state index < -0.39 is 24.0 Å². The molecule has 1 aromatic rings. The summed E-state index contributed by atoms with van der Waals surface area (Å²) in [7, 11) is 0. The average molecular weight is 308 g/mol. The topological polar surface area (TPSA) is 105 Å². The zero-order chi connectivity index (χ0) is 16.4. The Morgan fingerprint density at radius 3 is 2.50 bits per heavy atom. The van der Waals surface area contributed by atoms with E-state index in [4.69, 9.17) is 9.84 Å². The lowest BCUT2D eigenvalue weighted by Gasteiger charge is -2.13. The molecule has 120 valence electrons. The van der Waals surface area contributed by atoms with E-state index in [1.165, 1.54) is 0 Å². The summed E-state index contributed by atoms with van der Waals surface area (Å²) in [6.45, 7) is 1.59. The van der Waals surface area contributed by atoms with Crippen LogP contribution in [0.1, 0.15) is 25.3 Å². The Kier molecular flexibility index (Phi) is 7.45. The summed E-state index contributed by atoms with van der Waals surface area (Å²) in [5.74, 6) is -1.67. The summed E-state index contributed by atoms with van der Waals surface area (Å²) in [4.78, 5) is 33.9. The molecular weight excluding hydrogens is 288 g/mol. The minimum atomic E-state index is -1.10. The second kappa shape index (κ2) is 9.38. The number of carbonyl (C=O) groups is 3. The molecule has 0 heterocycles. The fourth-order valence-electron chi connectivity index (χ4n) is 1.72. The molecule has 1 atom stereocenters. The van der Waals surface area contributed by atoms with Gasteiger partial charge in [-0.1, -0.05) is 43.7 Å². The summed E-state index contributed by atoms with van der Waals surface area (Å²) >= 11 is 0. The Bertz CT molecular complexity index is 504. The number of alkyl carbamates (subject to hydrolysis) is 1. The number of hydrogen-bond acceptors (Lipinski definition) is 4. The van der Waals surface area contributed by atoms with E-state index in [1.807, 2.05) is 37.3 Å². The van der Waals surface area contributed by atoms with Gasteiger partial charge in [-0.05, 0) is 12.0 Å². The van der Waals surface area contributed by atoms with Crippen molar-refractivity contribution < 1.29 is 24.2 Å². The van der Waals surface area contributed by atoms with Crippen molar-refractivity contribution >= 4 is 18.0 Å². The molecule has 0 spiro atoms. The highest BCUT2D eigenvalue weighted by Gasteiger charge is 2.18. The lowest BCUT2D eigenvalue weighted by Crippen LogP contribution is -2.45. The van der Waals surface area contributed by atoms with E-state index >= 15 is 0 Å². The number of carbonyl (C=O) groups excluding carboxylic acids is 2. The van der Waals surface area contributed by atoms with Gasteiger partial charge in [0.25, 0.3) is 0 Å². The SMILES string of the molecule is CCCC(NC(=O)CNC(=O)OCc1ccccc1)C(=O)O. The van der Waals surface area contributed by atoms with Crippen LogP contribution in [-0.4, -0.2) is 35.7 Å². The predicted octanol–water partition coefficient (Wildman–Crippen LogP) is 1.28. The lowest BCUT2D eigenvalue weighted by molar-refractivity contribution is -0.141. The van der Waals surface area contributed by atoms with Gasteiger partial charge in [0.2, 0.25) is 5.91 Å². The molecule has 7 heteroatoms. The number of benzene rings is 1. The number of ether oxygens (including phenoxy) is 1. The van der Waals surface area contributed by atoms with Crippen molar-refractivity contribution in [1.29, 1.82) is 0 Å². The van der Waals surface area contributed by atoms with Crippen molar-refractivity contribution in [2.45, 2.75) is 32.4 Å². The molecule has 3 N–H and O–H groups in total. The zero-order valence-electron chi connectivity index (χ0n) is 12.4. The predicted molar refractivity (Wildman–Crippen MR) is 79.1 cm³/mol. The molecule has 0 aliphatic rings. The summed E-state index contributed by atoms with van der Waals surface area (Å²) in [5.41, 5.74) is 0.830. The van der Waals surface area contributed by atoms with Crippen LogP contribution >= 0.6 is 0 Å². The van der Waals surface area contributed by atoms with Crippen molar-refractivity contribution in [3.8, 4) is 0 Å². The molecule has 0 fully saturated rings. The smallest absolute Gasteiger partial charge is 0.407 e. The van der Waals surface area contributed by atoms with Gasteiger partial charge in [0.15, 0.2) is 0 Å². The Balaban J connectivity index is 2.28. The molecule has 0 aromatic heterocycles. The first-order chi connectivity index (χ1) is 10.5. The third-order valence-electron chi connectivity index (χ3n) is 2.82. The van der Waals surface area contributed by atoms with Crippen molar-refractivity contribution in [1.82, 2.24) is 10.6 Å². The van der Waals surface area contributed by atoms with Gasteiger partial charge < -0.3 is 20.5 Å². The van der Waals surface area contributed by atoms with E-state index in [1.54, 1.807) is 0 Å². The lowest BCUT2D eigenvalue weighted by atomic mass is 10.1. The summed E-state index contributed by atoms with van der Waals surface area (Å²) in [6, 6.07) is 8.17. The number of hydrogen-bond donors (Lipinski definition) is 3. The van der Waals surface area contributed by atoms with E-state index in [-0.39, 0.29) is 13.2 Å². The first-order valence-electron chi connectivity index (χ1n) is 6.99. The summed E-state index contributed by atoms with van der Waals surface area (Å²) in [6.07, 6.45) is 0.227. The number of carboxylic acids is 1. The summed E-state index contributed by atoms with van der Waals surface area (Å²) < 4.78 is 4.93. The van der Waals surface area contributed by atoms with Crippen molar-refractivity contribution in [3.63, 3.8) is 0 Å². The van der Waals surface area contributed by atoms with Gasteiger partial charge >= 0.3 is 12.1 Å². The fourth-order valence-corrected chi connectivity index (χ4v) is 1.72. The van der Waals surface area contributed by atoms with Crippen LogP contribution in [-0.2, 0) is 20.9 Å². The van der Waals surface area contributed by atoms with Crippen LogP contribution in [0.25, 0.3) is 0 Å². The second-order valence-corrected chi connectivity index (χ2v) is 4.66. The van der Waals surface area contributed by atoms with Gasteiger partial charge in [-0.15, -0.1) is 0 Å². The molecule has 0 saturated carbocycles. The van der Waals surface area contributed by atoms with Crippen LogP contribution in [0, 0.1) is 0 Å². The average Bonchev–Trinajstić information content (AvgIpc) is 2.51. The van der Waals surface area contributed by atoms with Crippen LogP contribution in [0.4, 0.5) is 4.79 Å². The standard InChI is InChI=1S/C15H20N2O5/c1-2-6-12(14(19)20)17-13(18)9-16-15(21)22-10-11-7-4-3-5-8-11/h3-5,7-8,12H,2,6,9-10H2,1H3,(H,16,21)(H,17,18)(H,19,20). The number of aliphatic carboxylic acids is 1. The third-order valence-corrected chi connectivity index (χ3v) is 2.82. The molecule has 2 amide bonds. The van der Waals surface area contributed by atoms with Crippen LogP contribution < -0.4 is 10.6 Å². The fraction of sp³-hybridized carbons (Fsp3) is 0.400. The Morgan fingerprint density at radius 1 is 1.23 bits per heavy atom. The molecule has 0 aliphatic carbocycles. The monoisotopic (exact) mass is 308 g/mol. The highest BCUT2D eigenvalue weighted by atomic mass is 16.5. The number of rotatable bonds is 8. The molecule has 1 unspecified atom stereocenters. The van der Waals surface area contributed by atoms with E-state index in [2.05, 4.69) is 10.6 Å². The quantitative estimate of drug-likeness (QED) is 0.671. The highest BCUT2D eigenvalue weighted by molar-refractivity contribution is 5.86. The summed E-state index contributed by atoms with van der Waals surface area (Å²) in [5, 5.41) is 13.5. The van der Waals surface area contributed by atoms with E-state index in [0.29, 0.717) is 12.8 Å². The molecule has 0 aliphatic heterocycles. The maximum atomic E-state index is 11.6. The van der Waals surface area contributed by atoms with Gasteiger partial charge in [-0.2, -0.15) is 0 Å². The molecule has 0 saturated heterocycles. The van der Waals surface area contributed by atoms with Gasteiger partial charge in [0.1, 0.15) is 19.2 Å². The van der Waals surface area contributed by atoms with Crippen LogP contribution in [0.5, 0.6) is 0 Å². The Morgan fingerprint density at radius 2 is 1.91 bits per heavy atom. The van der Waals surface area contributed by atoms with Crippen molar-refractivity contribution in [2.75, 3.05) is 6.54 Å². The maximum absolute atomic E-state index is 11.6.